The lowest BCUT2D eigenvalue weighted by atomic mass is 10.0. The smallest absolute Gasteiger partial charge is 0.0406 e. The van der Waals surface area contributed by atoms with E-state index in [2.05, 4.69) is 37.6 Å². The van der Waals surface area contributed by atoms with Crippen LogP contribution in [0.1, 0.15) is 31.9 Å². The first-order chi connectivity index (χ1) is 7.67. The first-order valence-corrected chi connectivity index (χ1v) is 7.45. The second kappa shape index (κ2) is 7.21. The lowest BCUT2D eigenvalue weighted by Gasteiger charge is -2.22. The molecule has 1 nitrogen and oxygen atoms in total. The molecule has 0 aliphatic rings. The van der Waals surface area contributed by atoms with Crippen molar-refractivity contribution in [2.45, 2.75) is 32.4 Å². The molecule has 1 aromatic rings. The van der Waals surface area contributed by atoms with Crippen molar-refractivity contribution in [3.8, 4) is 0 Å². The zero-order valence-electron chi connectivity index (χ0n) is 10.2. The second-order valence-corrected chi connectivity index (χ2v) is 5.38. The number of nitrogens with one attached hydrogen (secondary N) is 1. The van der Waals surface area contributed by atoms with Crippen LogP contribution in [-0.2, 0) is 0 Å². The van der Waals surface area contributed by atoms with Crippen molar-refractivity contribution >= 4 is 23.4 Å². The fraction of sp³-hybridized carbons (Fsp3) is 0.538. The largest absolute Gasteiger partial charge is 0.307 e. The van der Waals surface area contributed by atoms with Crippen LogP contribution in [0.5, 0.6) is 0 Å². The van der Waals surface area contributed by atoms with Gasteiger partial charge in [-0.25, -0.2) is 0 Å². The van der Waals surface area contributed by atoms with Gasteiger partial charge in [0.15, 0.2) is 0 Å². The summed E-state index contributed by atoms with van der Waals surface area (Å²) in [7, 11) is 0. The first kappa shape index (κ1) is 13.9. The lowest BCUT2D eigenvalue weighted by Crippen LogP contribution is -2.32. The average molecular weight is 258 g/mol. The number of thioether (sulfide) groups is 1. The monoisotopic (exact) mass is 257 g/mol. The summed E-state index contributed by atoms with van der Waals surface area (Å²) >= 11 is 7.77. The van der Waals surface area contributed by atoms with Crippen molar-refractivity contribution in [3.63, 3.8) is 0 Å². The molecule has 1 rings (SSSR count). The van der Waals surface area contributed by atoms with Gasteiger partial charge in [-0.15, -0.1) is 0 Å². The number of halogens is 1. The Kier molecular flexibility index (Phi) is 6.25. The number of hydrogen-bond donors (Lipinski definition) is 1. The third-order valence-electron chi connectivity index (χ3n) is 2.58. The highest BCUT2D eigenvalue weighted by molar-refractivity contribution is 7.98. The summed E-state index contributed by atoms with van der Waals surface area (Å²) in [6, 6.07) is 9.10. The molecule has 1 aromatic carbocycles. The molecule has 2 unspecified atom stereocenters. The molecule has 0 saturated carbocycles. The Balaban J connectivity index is 2.63. The van der Waals surface area contributed by atoms with E-state index < -0.39 is 0 Å². The minimum absolute atomic E-state index is 0.430. The van der Waals surface area contributed by atoms with Gasteiger partial charge in [0.2, 0.25) is 0 Å². The molecule has 16 heavy (non-hydrogen) atoms. The predicted octanol–water partition coefficient (Wildman–Crippen LogP) is 4.13. The molecule has 0 aliphatic carbocycles. The Morgan fingerprint density at radius 2 is 1.94 bits per heavy atom. The Bertz CT molecular complexity index is 299. The van der Waals surface area contributed by atoms with Crippen LogP contribution in [0.3, 0.4) is 0 Å². The molecule has 0 spiro atoms. The van der Waals surface area contributed by atoms with E-state index in [1.54, 1.807) is 0 Å². The predicted molar refractivity (Wildman–Crippen MR) is 75.5 cm³/mol. The van der Waals surface area contributed by atoms with Gasteiger partial charge in [0.25, 0.3) is 0 Å². The number of rotatable bonds is 6. The molecule has 3 heteroatoms. The van der Waals surface area contributed by atoms with E-state index in [1.807, 2.05) is 23.9 Å². The summed E-state index contributed by atoms with van der Waals surface area (Å²) in [4.78, 5) is 0. The standard InChI is InChI=1S/C13H20ClNS/c1-4-13(15-10(2)9-16-3)11-5-7-12(14)8-6-11/h5-8,10,13,15H,4,9H2,1-3H3. The minimum atomic E-state index is 0.430. The van der Waals surface area contributed by atoms with Crippen molar-refractivity contribution in [1.29, 1.82) is 0 Å². The molecule has 0 heterocycles. The van der Waals surface area contributed by atoms with Crippen LogP contribution < -0.4 is 5.32 Å². The van der Waals surface area contributed by atoms with Crippen LogP contribution in [-0.4, -0.2) is 18.1 Å². The van der Waals surface area contributed by atoms with E-state index in [0.29, 0.717) is 12.1 Å². The van der Waals surface area contributed by atoms with Crippen molar-refractivity contribution < 1.29 is 0 Å². The topological polar surface area (TPSA) is 12.0 Å². The van der Waals surface area contributed by atoms with Crippen LogP contribution in [0, 0.1) is 0 Å². The minimum Gasteiger partial charge on any atom is -0.307 e. The van der Waals surface area contributed by atoms with E-state index in [0.717, 1.165) is 17.2 Å². The maximum Gasteiger partial charge on any atom is 0.0406 e. The maximum atomic E-state index is 5.89. The van der Waals surface area contributed by atoms with Gasteiger partial charge in [-0.3, -0.25) is 0 Å². The third kappa shape index (κ3) is 4.36. The van der Waals surface area contributed by atoms with E-state index in [1.165, 1.54) is 5.56 Å². The van der Waals surface area contributed by atoms with Gasteiger partial charge in [-0.2, -0.15) is 11.8 Å². The number of hydrogen-bond acceptors (Lipinski definition) is 2. The zero-order valence-corrected chi connectivity index (χ0v) is 11.7. The summed E-state index contributed by atoms with van der Waals surface area (Å²) in [5.74, 6) is 1.14. The molecule has 2 atom stereocenters. The number of benzene rings is 1. The van der Waals surface area contributed by atoms with Crippen molar-refractivity contribution in [3.05, 3.63) is 34.9 Å². The molecule has 0 aromatic heterocycles. The molecule has 0 fully saturated rings. The van der Waals surface area contributed by atoms with Crippen LogP contribution in [0.4, 0.5) is 0 Å². The highest BCUT2D eigenvalue weighted by atomic mass is 35.5. The fourth-order valence-electron chi connectivity index (χ4n) is 1.79. The highest BCUT2D eigenvalue weighted by Gasteiger charge is 2.11. The molecule has 0 aliphatic heterocycles. The fourth-order valence-corrected chi connectivity index (χ4v) is 2.51. The van der Waals surface area contributed by atoms with Crippen LogP contribution in [0.15, 0.2) is 24.3 Å². The Morgan fingerprint density at radius 3 is 2.44 bits per heavy atom. The van der Waals surface area contributed by atoms with Crippen LogP contribution in [0.25, 0.3) is 0 Å². The molecular formula is C13H20ClNS. The van der Waals surface area contributed by atoms with Gasteiger partial charge in [-0.05, 0) is 37.3 Å². The van der Waals surface area contributed by atoms with Gasteiger partial charge in [0.1, 0.15) is 0 Å². The molecule has 0 bridgehead atoms. The Hall–Kier alpha value is -0.180. The lowest BCUT2D eigenvalue weighted by molar-refractivity contribution is 0.470. The maximum absolute atomic E-state index is 5.89. The molecule has 0 amide bonds. The summed E-state index contributed by atoms with van der Waals surface area (Å²) in [6.45, 7) is 4.44. The van der Waals surface area contributed by atoms with E-state index in [9.17, 15) is 0 Å². The molecule has 0 radical (unpaired) electrons. The second-order valence-electron chi connectivity index (χ2n) is 4.04. The first-order valence-electron chi connectivity index (χ1n) is 5.67. The van der Waals surface area contributed by atoms with E-state index in [4.69, 9.17) is 11.6 Å². The molecule has 0 saturated heterocycles. The van der Waals surface area contributed by atoms with Gasteiger partial charge in [-0.1, -0.05) is 30.7 Å². The molecule has 90 valence electrons. The normalized spacial score (nSPS) is 14.8. The van der Waals surface area contributed by atoms with E-state index in [-0.39, 0.29) is 0 Å². The summed E-state index contributed by atoms with van der Waals surface area (Å²) < 4.78 is 0. The highest BCUT2D eigenvalue weighted by Crippen LogP contribution is 2.20. The van der Waals surface area contributed by atoms with Crippen molar-refractivity contribution in [2.24, 2.45) is 0 Å². The molecular weight excluding hydrogens is 238 g/mol. The van der Waals surface area contributed by atoms with Crippen molar-refractivity contribution in [1.82, 2.24) is 5.32 Å². The van der Waals surface area contributed by atoms with Crippen molar-refractivity contribution in [2.75, 3.05) is 12.0 Å². The van der Waals surface area contributed by atoms with Gasteiger partial charge in [0.05, 0.1) is 0 Å². The van der Waals surface area contributed by atoms with Crippen LogP contribution in [0.2, 0.25) is 5.02 Å². The summed E-state index contributed by atoms with van der Waals surface area (Å²) in [6.07, 6.45) is 3.24. The van der Waals surface area contributed by atoms with Gasteiger partial charge in [0, 0.05) is 22.9 Å². The quantitative estimate of drug-likeness (QED) is 0.822. The molecule has 1 N–H and O–H groups in total. The summed E-state index contributed by atoms with van der Waals surface area (Å²) in [5.41, 5.74) is 1.32. The van der Waals surface area contributed by atoms with Gasteiger partial charge >= 0.3 is 0 Å². The third-order valence-corrected chi connectivity index (χ3v) is 3.67. The Morgan fingerprint density at radius 1 is 1.31 bits per heavy atom. The Labute approximate surface area is 108 Å². The van der Waals surface area contributed by atoms with Crippen LogP contribution >= 0.6 is 23.4 Å². The summed E-state index contributed by atoms with van der Waals surface area (Å²) in [5, 5.41) is 4.44. The average Bonchev–Trinajstić information content (AvgIpc) is 2.27. The van der Waals surface area contributed by atoms with Gasteiger partial charge < -0.3 is 5.32 Å². The SMILES string of the molecule is CCC(NC(C)CSC)c1ccc(Cl)cc1. The van der Waals surface area contributed by atoms with E-state index >= 15 is 0 Å². The zero-order chi connectivity index (χ0) is 12.0.